The number of hydrogen-bond acceptors (Lipinski definition) is 5. The van der Waals surface area contributed by atoms with Crippen molar-refractivity contribution in [3.05, 3.63) is 52.3 Å². The van der Waals surface area contributed by atoms with Gasteiger partial charge in [-0.25, -0.2) is 4.68 Å². The van der Waals surface area contributed by atoms with Gasteiger partial charge in [-0.1, -0.05) is 6.07 Å². The number of carbonyl (C=O) groups excluding carboxylic acids is 1. The monoisotopic (exact) mass is 344 g/mol. The quantitative estimate of drug-likeness (QED) is 0.608. The number of amides is 1. The Bertz CT molecular complexity index is 841. The molecule has 130 valence electrons. The standard InChI is InChI=1S/C16H16N4O5/c21-14(22)10-16(6-2-7-16)17-15(23)13-5-8-19(18-13)11-3-1-4-12(9-11)20(24)25/h1,3-5,8-9H,2,6-7,10H2,(H,17,23)(H,21,22). The van der Waals surface area contributed by atoms with E-state index in [-0.39, 0.29) is 17.8 Å². The average molecular weight is 344 g/mol. The molecular formula is C16H16N4O5. The Balaban J connectivity index is 1.77. The summed E-state index contributed by atoms with van der Waals surface area (Å²) in [6.45, 7) is 0. The van der Waals surface area contributed by atoms with Gasteiger partial charge in [-0.3, -0.25) is 19.7 Å². The van der Waals surface area contributed by atoms with Crippen LogP contribution in [-0.2, 0) is 4.79 Å². The molecule has 1 fully saturated rings. The molecule has 0 aliphatic heterocycles. The second-order valence-corrected chi connectivity index (χ2v) is 6.08. The summed E-state index contributed by atoms with van der Waals surface area (Å²) in [5.74, 6) is -1.41. The Labute approximate surface area is 142 Å². The number of nitro groups is 1. The molecule has 9 nitrogen and oxygen atoms in total. The van der Waals surface area contributed by atoms with E-state index in [1.54, 1.807) is 6.07 Å². The Morgan fingerprint density at radius 1 is 1.36 bits per heavy atom. The minimum Gasteiger partial charge on any atom is -0.481 e. The number of aromatic nitrogens is 2. The zero-order valence-corrected chi connectivity index (χ0v) is 13.2. The Morgan fingerprint density at radius 2 is 2.12 bits per heavy atom. The molecule has 1 aromatic heterocycles. The maximum atomic E-state index is 12.4. The summed E-state index contributed by atoms with van der Waals surface area (Å²) in [6, 6.07) is 7.38. The lowest BCUT2D eigenvalue weighted by atomic mass is 9.74. The van der Waals surface area contributed by atoms with E-state index >= 15 is 0 Å². The maximum absolute atomic E-state index is 12.4. The molecule has 0 bridgehead atoms. The van der Waals surface area contributed by atoms with E-state index in [4.69, 9.17) is 5.11 Å². The van der Waals surface area contributed by atoms with Crippen molar-refractivity contribution in [3.63, 3.8) is 0 Å². The summed E-state index contributed by atoms with van der Waals surface area (Å²) in [6.07, 6.45) is 3.52. The number of nitro benzene ring substituents is 1. The second-order valence-electron chi connectivity index (χ2n) is 6.08. The molecule has 0 atom stereocenters. The minimum atomic E-state index is -0.956. The fourth-order valence-electron chi connectivity index (χ4n) is 2.88. The predicted octanol–water partition coefficient (Wildman–Crippen LogP) is 1.91. The molecule has 1 aromatic carbocycles. The van der Waals surface area contributed by atoms with Gasteiger partial charge in [0, 0.05) is 18.3 Å². The lowest BCUT2D eigenvalue weighted by Crippen LogP contribution is -2.54. The Morgan fingerprint density at radius 3 is 2.72 bits per heavy atom. The second kappa shape index (κ2) is 6.34. The molecule has 9 heteroatoms. The summed E-state index contributed by atoms with van der Waals surface area (Å²) in [5, 5.41) is 26.7. The van der Waals surface area contributed by atoms with Crippen LogP contribution in [0.1, 0.15) is 36.2 Å². The summed E-state index contributed by atoms with van der Waals surface area (Å²) in [4.78, 5) is 33.7. The fourth-order valence-corrected chi connectivity index (χ4v) is 2.88. The van der Waals surface area contributed by atoms with Crippen molar-refractivity contribution in [1.82, 2.24) is 15.1 Å². The third-order valence-corrected chi connectivity index (χ3v) is 4.31. The fraction of sp³-hybridized carbons (Fsp3) is 0.312. The van der Waals surface area contributed by atoms with Gasteiger partial charge in [0.2, 0.25) is 0 Å². The first kappa shape index (κ1) is 16.6. The van der Waals surface area contributed by atoms with Gasteiger partial charge in [0.1, 0.15) is 0 Å². The van der Waals surface area contributed by atoms with Crippen LogP contribution in [0.2, 0.25) is 0 Å². The van der Waals surface area contributed by atoms with E-state index in [0.717, 1.165) is 6.42 Å². The first-order valence-electron chi connectivity index (χ1n) is 7.73. The van der Waals surface area contributed by atoms with Gasteiger partial charge in [0.05, 0.1) is 22.6 Å². The number of benzene rings is 1. The zero-order chi connectivity index (χ0) is 18.0. The van der Waals surface area contributed by atoms with Crippen LogP contribution in [0, 0.1) is 10.1 Å². The number of hydrogen-bond donors (Lipinski definition) is 2. The third-order valence-electron chi connectivity index (χ3n) is 4.31. The molecular weight excluding hydrogens is 328 g/mol. The van der Waals surface area contributed by atoms with E-state index < -0.39 is 22.3 Å². The molecule has 1 saturated carbocycles. The van der Waals surface area contributed by atoms with Crippen molar-refractivity contribution < 1.29 is 19.6 Å². The van der Waals surface area contributed by atoms with E-state index in [0.29, 0.717) is 18.5 Å². The number of nitrogens with zero attached hydrogens (tertiary/aromatic N) is 3. The highest BCUT2D eigenvalue weighted by Crippen LogP contribution is 2.35. The molecule has 0 spiro atoms. The van der Waals surface area contributed by atoms with Crippen molar-refractivity contribution >= 4 is 17.6 Å². The third kappa shape index (κ3) is 3.49. The zero-order valence-electron chi connectivity index (χ0n) is 13.2. The normalized spacial score (nSPS) is 15.2. The molecule has 0 saturated heterocycles. The van der Waals surface area contributed by atoms with E-state index in [9.17, 15) is 19.7 Å². The van der Waals surface area contributed by atoms with Gasteiger partial charge >= 0.3 is 5.97 Å². The van der Waals surface area contributed by atoms with Crippen molar-refractivity contribution in [2.75, 3.05) is 0 Å². The molecule has 25 heavy (non-hydrogen) atoms. The molecule has 1 heterocycles. The highest BCUT2D eigenvalue weighted by molar-refractivity contribution is 5.93. The van der Waals surface area contributed by atoms with Gasteiger partial charge in [-0.15, -0.1) is 0 Å². The van der Waals surface area contributed by atoms with Crippen LogP contribution in [0.4, 0.5) is 5.69 Å². The van der Waals surface area contributed by atoms with Gasteiger partial charge in [-0.2, -0.15) is 5.10 Å². The SMILES string of the molecule is O=C(O)CC1(NC(=O)c2ccn(-c3cccc([N+](=O)[O-])c3)n2)CCC1. The van der Waals surface area contributed by atoms with E-state index in [1.165, 1.54) is 35.1 Å². The topological polar surface area (TPSA) is 127 Å². The van der Waals surface area contributed by atoms with Crippen LogP contribution in [0.3, 0.4) is 0 Å². The molecule has 3 rings (SSSR count). The lowest BCUT2D eigenvalue weighted by Gasteiger charge is -2.41. The van der Waals surface area contributed by atoms with Crippen molar-refractivity contribution in [3.8, 4) is 5.69 Å². The number of nitrogens with one attached hydrogen (secondary N) is 1. The summed E-state index contributed by atoms with van der Waals surface area (Å²) in [5.41, 5.74) is -0.202. The number of aliphatic carboxylic acids is 1. The van der Waals surface area contributed by atoms with Crippen molar-refractivity contribution in [1.29, 1.82) is 0 Å². The number of non-ortho nitro benzene ring substituents is 1. The van der Waals surface area contributed by atoms with Gasteiger partial charge in [0.25, 0.3) is 11.6 Å². The number of carboxylic acid groups (broad SMARTS) is 1. The Hall–Kier alpha value is -3.23. The first-order valence-corrected chi connectivity index (χ1v) is 7.73. The highest BCUT2D eigenvalue weighted by atomic mass is 16.6. The van der Waals surface area contributed by atoms with Crippen LogP contribution >= 0.6 is 0 Å². The summed E-state index contributed by atoms with van der Waals surface area (Å²) < 4.78 is 1.37. The van der Waals surface area contributed by atoms with Crippen LogP contribution in [0.5, 0.6) is 0 Å². The number of rotatable bonds is 6. The predicted molar refractivity (Wildman–Crippen MR) is 86.5 cm³/mol. The van der Waals surface area contributed by atoms with Crippen LogP contribution in [-0.4, -0.2) is 37.2 Å². The minimum absolute atomic E-state index is 0.0751. The smallest absolute Gasteiger partial charge is 0.305 e. The number of carbonyl (C=O) groups is 2. The van der Waals surface area contributed by atoms with Crippen LogP contribution in [0.15, 0.2) is 36.5 Å². The van der Waals surface area contributed by atoms with Crippen LogP contribution < -0.4 is 5.32 Å². The largest absolute Gasteiger partial charge is 0.481 e. The van der Waals surface area contributed by atoms with Gasteiger partial charge < -0.3 is 10.4 Å². The summed E-state index contributed by atoms with van der Waals surface area (Å²) in [7, 11) is 0. The molecule has 1 amide bonds. The molecule has 0 unspecified atom stereocenters. The first-order chi connectivity index (χ1) is 11.9. The van der Waals surface area contributed by atoms with E-state index in [1.807, 2.05) is 0 Å². The maximum Gasteiger partial charge on any atom is 0.305 e. The molecule has 1 aliphatic carbocycles. The molecule has 0 radical (unpaired) electrons. The molecule has 2 aromatic rings. The molecule has 2 N–H and O–H groups in total. The highest BCUT2D eigenvalue weighted by Gasteiger charge is 2.40. The summed E-state index contributed by atoms with van der Waals surface area (Å²) >= 11 is 0. The van der Waals surface area contributed by atoms with Crippen LogP contribution in [0.25, 0.3) is 5.69 Å². The Kier molecular flexibility index (Phi) is 4.22. The lowest BCUT2D eigenvalue weighted by molar-refractivity contribution is -0.384. The van der Waals surface area contributed by atoms with Gasteiger partial charge in [-0.05, 0) is 31.4 Å². The van der Waals surface area contributed by atoms with Crippen molar-refractivity contribution in [2.24, 2.45) is 0 Å². The average Bonchev–Trinajstić information content (AvgIpc) is 3.02. The number of carboxylic acids is 1. The van der Waals surface area contributed by atoms with Gasteiger partial charge in [0.15, 0.2) is 5.69 Å². The van der Waals surface area contributed by atoms with Crippen molar-refractivity contribution in [2.45, 2.75) is 31.2 Å². The molecule has 1 aliphatic rings. The van der Waals surface area contributed by atoms with E-state index in [2.05, 4.69) is 10.4 Å².